The Hall–Kier alpha value is -1.60. The predicted octanol–water partition coefficient (Wildman–Crippen LogP) is 3.46. The Morgan fingerprint density at radius 2 is 1.95 bits per heavy atom. The average molecular weight is 313 g/mol. The summed E-state index contributed by atoms with van der Waals surface area (Å²) in [5.41, 5.74) is 6.72. The molecular formula is C14H14F3N3S. The average Bonchev–Trinajstić information content (AvgIpc) is 2.42. The number of hydrogen-bond donors (Lipinski definition) is 1. The second-order valence-corrected chi connectivity index (χ2v) is 5.50. The molecule has 0 amide bonds. The summed E-state index contributed by atoms with van der Waals surface area (Å²) in [6.07, 6.45) is -1.06. The molecule has 0 aliphatic carbocycles. The van der Waals surface area contributed by atoms with Gasteiger partial charge in [0.15, 0.2) is 0 Å². The lowest BCUT2D eigenvalue weighted by Crippen LogP contribution is -2.05. The van der Waals surface area contributed by atoms with Gasteiger partial charge in [0.25, 0.3) is 0 Å². The van der Waals surface area contributed by atoms with Crippen LogP contribution in [0, 0.1) is 6.92 Å². The van der Waals surface area contributed by atoms with E-state index < -0.39 is 11.7 Å². The fourth-order valence-electron chi connectivity index (χ4n) is 1.74. The third-order valence-corrected chi connectivity index (χ3v) is 3.86. The molecule has 0 bridgehead atoms. The van der Waals surface area contributed by atoms with Crippen molar-refractivity contribution in [1.82, 2.24) is 9.97 Å². The SMILES string of the molecule is Cc1cc(CCN)cnc1Sc1ccc(C(F)(F)F)cn1. The molecule has 2 rings (SSSR count). The van der Waals surface area contributed by atoms with Crippen LogP contribution in [0.3, 0.4) is 0 Å². The van der Waals surface area contributed by atoms with E-state index in [0.29, 0.717) is 11.6 Å². The number of nitrogens with two attached hydrogens (primary N) is 1. The van der Waals surface area contributed by atoms with Crippen LogP contribution >= 0.6 is 11.8 Å². The summed E-state index contributed by atoms with van der Waals surface area (Å²) in [7, 11) is 0. The number of nitrogens with zero attached hydrogens (tertiary/aromatic N) is 2. The highest BCUT2D eigenvalue weighted by Gasteiger charge is 2.30. The van der Waals surface area contributed by atoms with Crippen molar-refractivity contribution < 1.29 is 13.2 Å². The van der Waals surface area contributed by atoms with Crippen molar-refractivity contribution in [2.24, 2.45) is 5.73 Å². The molecule has 2 N–H and O–H groups in total. The third kappa shape index (κ3) is 4.18. The lowest BCUT2D eigenvalue weighted by atomic mass is 10.2. The molecule has 0 atom stereocenters. The molecule has 0 fully saturated rings. The second kappa shape index (κ2) is 6.44. The maximum atomic E-state index is 12.5. The van der Waals surface area contributed by atoms with Crippen molar-refractivity contribution in [1.29, 1.82) is 0 Å². The summed E-state index contributed by atoms with van der Waals surface area (Å²) in [4.78, 5) is 8.13. The molecule has 112 valence electrons. The van der Waals surface area contributed by atoms with Gasteiger partial charge in [-0.05, 0) is 54.9 Å². The van der Waals surface area contributed by atoms with Gasteiger partial charge in [0.2, 0.25) is 0 Å². The van der Waals surface area contributed by atoms with E-state index in [9.17, 15) is 13.2 Å². The highest BCUT2D eigenvalue weighted by atomic mass is 32.2. The first-order valence-electron chi connectivity index (χ1n) is 6.27. The van der Waals surface area contributed by atoms with Gasteiger partial charge in [0.05, 0.1) is 5.56 Å². The van der Waals surface area contributed by atoms with Gasteiger partial charge in [-0.25, -0.2) is 9.97 Å². The minimum Gasteiger partial charge on any atom is -0.330 e. The largest absolute Gasteiger partial charge is 0.417 e. The Bertz CT molecular complexity index is 612. The molecular weight excluding hydrogens is 299 g/mol. The molecule has 3 nitrogen and oxygen atoms in total. The van der Waals surface area contributed by atoms with E-state index in [1.54, 1.807) is 6.20 Å². The number of alkyl halides is 3. The molecule has 0 saturated carbocycles. The first-order chi connectivity index (χ1) is 9.90. The Balaban J connectivity index is 2.15. The van der Waals surface area contributed by atoms with E-state index in [1.165, 1.54) is 17.8 Å². The molecule has 2 aromatic rings. The Labute approximate surface area is 124 Å². The van der Waals surface area contributed by atoms with Gasteiger partial charge in [0, 0.05) is 12.4 Å². The van der Waals surface area contributed by atoms with E-state index in [-0.39, 0.29) is 0 Å². The number of rotatable bonds is 4. The molecule has 0 saturated heterocycles. The normalized spacial score (nSPS) is 11.7. The van der Waals surface area contributed by atoms with Crippen molar-refractivity contribution >= 4 is 11.8 Å². The molecule has 0 aromatic carbocycles. The zero-order valence-corrected chi connectivity index (χ0v) is 12.1. The van der Waals surface area contributed by atoms with Crippen molar-refractivity contribution in [2.45, 2.75) is 29.6 Å². The lowest BCUT2D eigenvalue weighted by molar-refractivity contribution is -0.137. The van der Waals surface area contributed by atoms with E-state index in [4.69, 9.17) is 5.73 Å². The number of pyridine rings is 2. The van der Waals surface area contributed by atoms with Crippen LogP contribution in [0.25, 0.3) is 0 Å². The summed E-state index contributed by atoms with van der Waals surface area (Å²) in [5.74, 6) is 0. The number of aromatic nitrogens is 2. The van der Waals surface area contributed by atoms with Gasteiger partial charge in [-0.15, -0.1) is 0 Å². The van der Waals surface area contributed by atoms with Crippen molar-refractivity contribution in [3.8, 4) is 0 Å². The predicted molar refractivity (Wildman–Crippen MR) is 75.1 cm³/mol. The Kier molecular flexibility index (Phi) is 4.84. The molecule has 0 aliphatic rings. The highest BCUT2D eigenvalue weighted by Crippen LogP contribution is 2.31. The highest BCUT2D eigenvalue weighted by molar-refractivity contribution is 7.99. The second-order valence-electron chi connectivity index (χ2n) is 4.49. The smallest absolute Gasteiger partial charge is 0.330 e. The number of halogens is 3. The summed E-state index contributed by atoms with van der Waals surface area (Å²) in [6.45, 7) is 2.45. The van der Waals surface area contributed by atoms with Crippen LogP contribution in [0.1, 0.15) is 16.7 Å². The minimum atomic E-state index is -4.37. The van der Waals surface area contributed by atoms with Gasteiger partial charge < -0.3 is 5.73 Å². The Morgan fingerprint density at radius 1 is 1.19 bits per heavy atom. The first-order valence-corrected chi connectivity index (χ1v) is 7.08. The zero-order valence-electron chi connectivity index (χ0n) is 11.3. The van der Waals surface area contributed by atoms with Crippen LogP contribution < -0.4 is 5.73 Å². The van der Waals surface area contributed by atoms with Gasteiger partial charge >= 0.3 is 6.18 Å². The molecule has 2 heterocycles. The van der Waals surface area contributed by atoms with Gasteiger partial charge in [-0.1, -0.05) is 6.07 Å². The quantitative estimate of drug-likeness (QED) is 0.939. The number of hydrogen-bond acceptors (Lipinski definition) is 4. The van der Waals surface area contributed by atoms with Crippen LogP contribution in [0.15, 0.2) is 40.6 Å². The summed E-state index contributed by atoms with van der Waals surface area (Å²) in [6, 6.07) is 4.35. The van der Waals surface area contributed by atoms with E-state index >= 15 is 0 Å². The molecule has 21 heavy (non-hydrogen) atoms. The molecule has 0 aliphatic heterocycles. The minimum absolute atomic E-state index is 0.477. The lowest BCUT2D eigenvalue weighted by Gasteiger charge is -2.08. The molecule has 7 heteroatoms. The maximum Gasteiger partial charge on any atom is 0.417 e. The number of aryl methyl sites for hydroxylation is 1. The van der Waals surface area contributed by atoms with E-state index in [0.717, 1.165) is 34.8 Å². The molecule has 2 aromatic heterocycles. The topological polar surface area (TPSA) is 51.8 Å². The van der Waals surface area contributed by atoms with Crippen LogP contribution in [-0.4, -0.2) is 16.5 Å². The third-order valence-electron chi connectivity index (χ3n) is 2.78. The van der Waals surface area contributed by atoms with Crippen molar-refractivity contribution in [2.75, 3.05) is 6.54 Å². The van der Waals surface area contributed by atoms with Crippen LogP contribution in [0.5, 0.6) is 0 Å². The van der Waals surface area contributed by atoms with Gasteiger partial charge in [-0.3, -0.25) is 0 Å². The molecule has 0 unspecified atom stereocenters. The van der Waals surface area contributed by atoms with Gasteiger partial charge in [-0.2, -0.15) is 13.2 Å². The van der Waals surface area contributed by atoms with E-state index in [2.05, 4.69) is 9.97 Å². The first kappa shape index (κ1) is 15.8. The van der Waals surface area contributed by atoms with Crippen LogP contribution in [-0.2, 0) is 12.6 Å². The van der Waals surface area contributed by atoms with Crippen LogP contribution in [0.2, 0.25) is 0 Å². The fourth-order valence-corrected chi connectivity index (χ4v) is 2.50. The van der Waals surface area contributed by atoms with Crippen LogP contribution in [0.4, 0.5) is 13.2 Å². The Morgan fingerprint density at radius 3 is 2.48 bits per heavy atom. The summed E-state index contributed by atoms with van der Waals surface area (Å²) >= 11 is 1.24. The fraction of sp³-hybridized carbons (Fsp3) is 0.286. The summed E-state index contributed by atoms with van der Waals surface area (Å²) < 4.78 is 37.4. The molecule has 0 radical (unpaired) electrons. The van der Waals surface area contributed by atoms with E-state index in [1.807, 2.05) is 13.0 Å². The maximum absolute atomic E-state index is 12.5. The zero-order chi connectivity index (χ0) is 15.5. The monoisotopic (exact) mass is 313 g/mol. The van der Waals surface area contributed by atoms with Crippen molar-refractivity contribution in [3.05, 3.63) is 47.3 Å². The standard InChI is InChI=1S/C14H14F3N3S/c1-9-6-10(4-5-18)7-20-13(9)21-12-3-2-11(8-19-12)14(15,16)17/h2-3,6-8H,4-5,18H2,1H3. The molecule has 0 spiro atoms. The van der Waals surface area contributed by atoms with Gasteiger partial charge in [0.1, 0.15) is 10.1 Å². The van der Waals surface area contributed by atoms with Crippen molar-refractivity contribution in [3.63, 3.8) is 0 Å². The summed E-state index contributed by atoms with van der Waals surface area (Å²) in [5, 5.41) is 1.20.